The fourth-order valence-electron chi connectivity index (χ4n) is 3.76. The Kier molecular flexibility index (Phi) is 5.10. The number of fused-ring (bicyclic) bond motifs is 4. The smallest absolute Gasteiger partial charge is 0.545 e. The number of carbonyl (C=O) groups excluding carboxylic acids is 1. The number of pyridine rings is 1. The number of halogens is 1. The average Bonchev–Trinajstić information content (AvgIpc) is 3.11. The van der Waals surface area contributed by atoms with Crippen molar-refractivity contribution in [1.29, 1.82) is 0 Å². The van der Waals surface area contributed by atoms with Gasteiger partial charge in [-0.05, 0) is 53.8 Å². The third-order valence-corrected chi connectivity index (χ3v) is 6.21. The number of nitrogens with zero attached hydrogens (tertiary/aromatic N) is 1. The standard InChI is InChI=1S/C22H14FNO2S.Na/c23-14-7-9-17-16(11-14)19(22(25)26)15-8-6-13-10-18(12-4-2-1-3-5-12)27-21(13)20(15)24-17;/h1-5,7,9-11H,6,8H2,(H,25,26);/q;+1/p-1. The number of carboxylic acids is 1. The zero-order valence-corrected chi connectivity index (χ0v) is 18.0. The summed E-state index contributed by atoms with van der Waals surface area (Å²) in [5.74, 6) is -1.77. The predicted molar refractivity (Wildman–Crippen MR) is 102 cm³/mol. The number of thiophene rings is 1. The van der Waals surface area contributed by atoms with Crippen molar-refractivity contribution in [2.75, 3.05) is 0 Å². The first-order valence-electron chi connectivity index (χ1n) is 8.64. The van der Waals surface area contributed by atoms with Crippen molar-refractivity contribution in [2.24, 2.45) is 0 Å². The number of benzene rings is 2. The van der Waals surface area contributed by atoms with Gasteiger partial charge in [-0.1, -0.05) is 30.3 Å². The van der Waals surface area contributed by atoms with Crippen molar-refractivity contribution in [2.45, 2.75) is 12.8 Å². The molecule has 0 fully saturated rings. The van der Waals surface area contributed by atoms with Crippen LogP contribution in [0.25, 0.3) is 31.9 Å². The van der Waals surface area contributed by atoms with Crippen molar-refractivity contribution in [3.05, 3.63) is 77.1 Å². The molecule has 5 rings (SSSR count). The van der Waals surface area contributed by atoms with Gasteiger partial charge in [-0.2, -0.15) is 0 Å². The average molecular weight is 397 g/mol. The summed E-state index contributed by atoms with van der Waals surface area (Å²) in [6, 6.07) is 16.3. The molecule has 0 aliphatic heterocycles. The molecule has 28 heavy (non-hydrogen) atoms. The summed E-state index contributed by atoms with van der Waals surface area (Å²) in [6.45, 7) is 0. The Morgan fingerprint density at radius 1 is 1.07 bits per heavy atom. The molecule has 0 radical (unpaired) electrons. The van der Waals surface area contributed by atoms with E-state index >= 15 is 0 Å². The molecule has 1 aliphatic rings. The first-order chi connectivity index (χ1) is 13.1. The summed E-state index contributed by atoms with van der Waals surface area (Å²) in [7, 11) is 0. The summed E-state index contributed by atoms with van der Waals surface area (Å²) < 4.78 is 13.7. The number of carboxylic acid groups (broad SMARTS) is 1. The van der Waals surface area contributed by atoms with Crippen LogP contribution in [-0.4, -0.2) is 11.0 Å². The Bertz CT molecular complexity index is 1220. The third kappa shape index (κ3) is 3.08. The first kappa shape index (κ1) is 19.3. The van der Waals surface area contributed by atoms with Gasteiger partial charge in [-0.3, -0.25) is 0 Å². The third-order valence-electron chi connectivity index (χ3n) is 4.98. The van der Waals surface area contributed by atoms with E-state index in [1.165, 1.54) is 23.8 Å². The molecule has 2 aromatic carbocycles. The van der Waals surface area contributed by atoms with Crippen LogP contribution in [0.15, 0.2) is 54.6 Å². The molecule has 0 atom stereocenters. The van der Waals surface area contributed by atoms with Crippen LogP contribution in [0, 0.1) is 5.82 Å². The number of aryl methyl sites for hydroxylation is 1. The van der Waals surface area contributed by atoms with Gasteiger partial charge in [-0.15, -0.1) is 11.3 Å². The van der Waals surface area contributed by atoms with Crippen LogP contribution in [0.1, 0.15) is 21.5 Å². The van der Waals surface area contributed by atoms with Crippen LogP contribution in [-0.2, 0) is 12.8 Å². The van der Waals surface area contributed by atoms with Crippen molar-refractivity contribution in [3.63, 3.8) is 0 Å². The minimum atomic E-state index is -1.28. The topological polar surface area (TPSA) is 53.0 Å². The summed E-state index contributed by atoms with van der Waals surface area (Å²) in [5.41, 5.74) is 4.15. The molecule has 0 spiro atoms. The molecule has 2 aromatic heterocycles. The second-order valence-electron chi connectivity index (χ2n) is 6.59. The second kappa shape index (κ2) is 7.41. The Morgan fingerprint density at radius 2 is 1.86 bits per heavy atom. The fourth-order valence-corrected chi connectivity index (χ4v) is 4.99. The molecule has 0 bridgehead atoms. The van der Waals surface area contributed by atoms with Gasteiger partial charge in [0.25, 0.3) is 0 Å². The Labute approximate surface area is 187 Å². The number of hydrogen-bond donors (Lipinski definition) is 0. The molecular formula is C22H13FNNaO2S. The maximum absolute atomic E-state index is 13.7. The zero-order chi connectivity index (χ0) is 18.5. The van der Waals surface area contributed by atoms with Gasteiger partial charge in [0.2, 0.25) is 0 Å². The summed E-state index contributed by atoms with van der Waals surface area (Å²) in [5, 5.41) is 12.2. The van der Waals surface area contributed by atoms with Crippen LogP contribution >= 0.6 is 11.3 Å². The molecule has 0 N–H and O–H groups in total. The van der Waals surface area contributed by atoms with Crippen LogP contribution < -0.4 is 34.7 Å². The van der Waals surface area contributed by atoms with Gasteiger partial charge in [-0.25, -0.2) is 9.37 Å². The van der Waals surface area contributed by atoms with Crippen LogP contribution in [0.2, 0.25) is 0 Å². The van der Waals surface area contributed by atoms with E-state index in [0.29, 0.717) is 28.6 Å². The molecule has 6 heteroatoms. The van der Waals surface area contributed by atoms with Gasteiger partial charge in [0.15, 0.2) is 0 Å². The largest absolute Gasteiger partial charge is 1.00 e. The number of aromatic nitrogens is 1. The summed E-state index contributed by atoms with van der Waals surface area (Å²) in [4.78, 5) is 18.7. The SMILES string of the molecule is O=C([O-])c1c2c(nc3ccc(F)cc13)-c1sc(-c3ccccc3)cc1CC2.[Na+]. The van der Waals surface area contributed by atoms with E-state index in [-0.39, 0.29) is 35.1 Å². The Balaban J connectivity index is 0.00000192. The summed E-state index contributed by atoms with van der Waals surface area (Å²) >= 11 is 1.61. The van der Waals surface area contributed by atoms with Gasteiger partial charge in [0.05, 0.1) is 22.1 Å². The van der Waals surface area contributed by atoms with E-state index in [9.17, 15) is 14.3 Å². The number of aromatic carboxylic acids is 1. The first-order valence-corrected chi connectivity index (χ1v) is 9.45. The molecule has 1 aliphatic carbocycles. The molecule has 0 saturated carbocycles. The molecule has 2 heterocycles. The van der Waals surface area contributed by atoms with Crippen molar-refractivity contribution < 1.29 is 43.8 Å². The minimum absolute atomic E-state index is 0. The van der Waals surface area contributed by atoms with Gasteiger partial charge >= 0.3 is 29.6 Å². The van der Waals surface area contributed by atoms with Crippen LogP contribution in [0.4, 0.5) is 4.39 Å². The molecule has 132 valence electrons. The predicted octanol–water partition coefficient (Wildman–Crippen LogP) is 1.24. The second-order valence-corrected chi connectivity index (χ2v) is 7.65. The quantitative estimate of drug-likeness (QED) is 0.478. The van der Waals surface area contributed by atoms with E-state index < -0.39 is 11.8 Å². The van der Waals surface area contributed by atoms with Gasteiger partial charge in [0.1, 0.15) is 5.82 Å². The molecule has 3 nitrogen and oxygen atoms in total. The van der Waals surface area contributed by atoms with Gasteiger partial charge < -0.3 is 9.90 Å². The van der Waals surface area contributed by atoms with Crippen LogP contribution in [0.5, 0.6) is 0 Å². The van der Waals surface area contributed by atoms with Crippen molar-refractivity contribution in [1.82, 2.24) is 4.98 Å². The Morgan fingerprint density at radius 3 is 2.61 bits per heavy atom. The summed E-state index contributed by atoms with van der Waals surface area (Å²) in [6.07, 6.45) is 1.28. The van der Waals surface area contributed by atoms with E-state index in [1.54, 1.807) is 11.3 Å². The van der Waals surface area contributed by atoms with E-state index in [0.717, 1.165) is 21.7 Å². The van der Waals surface area contributed by atoms with E-state index in [2.05, 4.69) is 18.2 Å². The molecular weight excluding hydrogens is 384 g/mol. The van der Waals surface area contributed by atoms with Crippen LogP contribution in [0.3, 0.4) is 0 Å². The molecule has 0 saturated heterocycles. The van der Waals surface area contributed by atoms with E-state index in [4.69, 9.17) is 4.98 Å². The maximum atomic E-state index is 13.7. The zero-order valence-electron chi connectivity index (χ0n) is 15.2. The number of rotatable bonds is 2. The number of hydrogen-bond acceptors (Lipinski definition) is 4. The molecule has 0 amide bonds. The maximum Gasteiger partial charge on any atom is 1.00 e. The van der Waals surface area contributed by atoms with Crippen molar-refractivity contribution in [3.8, 4) is 21.0 Å². The fraction of sp³-hybridized carbons (Fsp3) is 0.0909. The van der Waals surface area contributed by atoms with E-state index in [1.807, 2.05) is 18.2 Å². The monoisotopic (exact) mass is 397 g/mol. The minimum Gasteiger partial charge on any atom is -0.545 e. The Hall–Kier alpha value is -2.05. The number of carbonyl (C=O) groups is 1. The molecule has 0 unspecified atom stereocenters. The van der Waals surface area contributed by atoms with Crippen molar-refractivity contribution >= 4 is 28.2 Å². The van der Waals surface area contributed by atoms with Gasteiger partial charge in [0, 0.05) is 15.8 Å². The normalized spacial score (nSPS) is 12.2. The molecule has 4 aromatic rings.